The van der Waals surface area contributed by atoms with Gasteiger partial charge in [0.05, 0.1) is 11.1 Å². The van der Waals surface area contributed by atoms with Crippen molar-refractivity contribution < 1.29 is 14.3 Å². The second-order valence-electron chi connectivity index (χ2n) is 4.63. The predicted octanol–water partition coefficient (Wildman–Crippen LogP) is 3.00. The minimum atomic E-state index is -0.485. The molecule has 112 valence electrons. The van der Waals surface area contributed by atoms with E-state index < -0.39 is 5.82 Å². The van der Waals surface area contributed by atoms with Crippen LogP contribution in [0.15, 0.2) is 18.2 Å². The van der Waals surface area contributed by atoms with Crippen LogP contribution in [0, 0.1) is 5.82 Å². The number of hydrogen-bond acceptors (Lipinski definition) is 2. The summed E-state index contributed by atoms with van der Waals surface area (Å²) in [6.45, 7) is 3.75. The summed E-state index contributed by atoms with van der Waals surface area (Å²) in [5.74, 6) is -0.485. The number of benzene rings is 1. The highest BCUT2D eigenvalue weighted by Gasteiger charge is 2.14. The van der Waals surface area contributed by atoms with Crippen molar-refractivity contribution in [2.45, 2.75) is 38.8 Å². The summed E-state index contributed by atoms with van der Waals surface area (Å²) in [7, 11) is 0. The van der Waals surface area contributed by atoms with Crippen LogP contribution in [0.4, 0.5) is 9.18 Å². The fourth-order valence-corrected chi connectivity index (χ4v) is 2.01. The molecular formula is C14H20ClFN2O2. The molecule has 1 aromatic carbocycles. The summed E-state index contributed by atoms with van der Waals surface area (Å²) in [5.41, 5.74) is 0.724. The van der Waals surface area contributed by atoms with E-state index in [1.165, 1.54) is 12.1 Å². The van der Waals surface area contributed by atoms with Crippen molar-refractivity contribution in [1.82, 2.24) is 10.6 Å². The SMILES string of the molecule is CCC(CCO)NC(=O)NC(C)c1ccc(F)c(Cl)c1. The Morgan fingerprint density at radius 3 is 2.70 bits per heavy atom. The number of hydrogen-bond donors (Lipinski definition) is 3. The highest BCUT2D eigenvalue weighted by atomic mass is 35.5. The number of nitrogens with one attached hydrogen (secondary N) is 2. The summed E-state index contributed by atoms with van der Waals surface area (Å²) >= 11 is 5.71. The van der Waals surface area contributed by atoms with E-state index in [1.807, 2.05) is 6.92 Å². The maximum Gasteiger partial charge on any atom is 0.315 e. The van der Waals surface area contributed by atoms with Gasteiger partial charge in [0.15, 0.2) is 0 Å². The molecule has 6 heteroatoms. The number of urea groups is 1. The molecule has 0 bridgehead atoms. The molecule has 0 saturated heterocycles. The first-order valence-electron chi connectivity index (χ1n) is 6.60. The van der Waals surface area contributed by atoms with E-state index in [1.54, 1.807) is 13.0 Å². The van der Waals surface area contributed by atoms with Crippen LogP contribution in [0.5, 0.6) is 0 Å². The second-order valence-corrected chi connectivity index (χ2v) is 5.04. The number of aliphatic hydroxyl groups is 1. The topological polar surface area (TPSA) is 61.4 Å². The zero-order chi connectivity index (χ0) is 15.1. The first-order chi connectivity index (χ1) is 9.47. The van der Waals surface area contributed by atoms with Gasteiger partial charge in [-0.15, -0.1) is 0 Å². The van der Waals surface area contributed by atoms with Gasteiger partial charge in [0.25, 0.3) is 0 Å². The first-order valence-corrected chi connectivity index (χ1v) is 6.98. The third-order valence-corrected chi connectivity index (χ3v) is 3.39. The van der Waals surface area contributed by atoms with Crippen LogP contribution in [-0.4, -0.2) is 23.8 Å². The monoisotopic (exact) mass is 302 g/mol. The molecule has 0 aromatic heterocycles. The molecule has 20 heavy (non-hydrogen) atoms. The second kappa shape index (κ2) is 8.07. The molecule has 0 aliphatic carbocycles. The third kappa shape index (κ3) is 4.98. The standard InChI is InChI=1S/C14H20ClFN2O2/c1-3-11(6-7-19)18-14(20)17-9(2)10-4-5-13(16)12(15)8-10/h4-5,8-9,11,19H,3,6-7H2,1-2H3,(H2,17,18,20). The van der Waals surface area contributed by atoms with Crippen molar-refractivity contribution in [1.29, 1.82) is 0 Å². The van der Waals surface area contributed by atoms with Crippen LogP contribution in [-0.2, 0) is 0 Å². The Labute approximate surface area is 123 Å². The van der Waals surface area contributed by atoms with Gasteiger partial charge in [-0.2, -0.15) is 0 Å². The van der Waals surface area contributed by atoms with E-state index in [4.69, 9.17) is 16.7 Å². The molecule has 0 heterocycles. The van der Waals surface area contributed by atoms with E-state index >= 15 is 0 Å². The number of carbonyl (C=O) groups excluding carboxylic acids is 1. The Morgan fingerprint density at radius 2 is 2.15 bits per heavy atom. The molecule has 2 unspecified atom stereocenters. The minimum Gasteiger partial charge on any atom is -0.396 e. The van der Waals surface area contributed by atoms with Crippen molar-refractivity contribution in [2.75, 3.05) is 6.61 Å². The van der Waals surface area contributed by atoms with Gasteiger partial charge in [0, 0.05) is 12.6 Å². The molecule has 1 aromatic rings. The Kier molecular flexibility index (Phi) is 6.75. The van der Waals surface area contributed by atoms with E-state index in [2.05, 4.69) is 10.6 Å². The summed E-state index contributed by atoms with van der Waals surface area (Å²) in [4.78, 5) is 11.8. The van der Waals surface area contributed by atoms with Crippen molar-refractivity contribution in [3.05, 3.63) is 34.6 Å². The van der Waals surface area contributed by atoms with Crippen molar-refractivity contribution >= 4 is 17.6 Å². The highest BCUT2D eigenvalue weighted by molar-refractivity contribution is 6.30. The lowest BCUT2D eigenvalue weighted by molar-refractivity contribution is 0.225. The van der Waals surface area contributed by atoms with Gasteiger partial charge in [0.2, 0.25) is 0 Å². The molecule has 0 aliphatic rings. The summed E-state index contributed by atoms with van der Waals surface area (Å²) in [6, 6.07) is 3.67. The molecule has 2 amide bonds. The number of amides is 2. The normalized spacial score (nSPS) is 13.7. The number of halogens is 2. The molecule has 3 N–H and O–H groups in total. The molecule has 0 saturated carbocycles. The Hall–Kier alpha value is -1.33. The predicted molar refractivity (Wildman–Crippen MR) is 77.3 cm³/mol. The van der Waals surface area contributed by atoms with E-state index in [9.17, 15) is 9.18 Å². The fourth-order valence-electron chi connectivity index (χ4n) is 1.82. The smallest absolute Gasteiger partial charge is 0.315 e. The molecule has 0 aliphatic heterocycles. The van der Waals surface area contributed by atoms with Gasteiger partial charge in [0.1, 0.15) is 5.82 Å². The molecule has 0 radical (unpaired) electrons. The fraction of sp³-hybridized carbons (Fsp3) is 0.500. The quantitative estimate of drug-likeness (QED) is 0.756. The molecule has 4 nitrogen and oxygen atoms in total. The first kappa shape index (κ1) is 16.7. The van der Waals surface area contributed by atoms with Crippen LogP contribution in [0.25, 0.3) is 0 Å². The van der Waals surface area contributed by atoms with Gasteiger partial charge in [-0.25, -0.2) is 9.18 Å². The summed E-state index contributed by atoms with van der Waals surface area (Å²) in [5, 5.41) is 14.4. The maximum absolute atomic E-state index is 13.1. The van der Waals surface area contributed by atoms with Crippen LogP contribution < -0.4 is 10.6 Å². The van der Waals surface area contributed by atoms with Crippen molar-refractivity contribution in [3.8, 4) is 0 Å². The van der Waals surface area contributed by atoms with Crippen molar-refractivity contribution in [2.24, 2.45) is 0 Å². The Bertz CT molecular complexity index is 457. The zero-order valence-electron chi connectivity index (χ0n) is 11.6. The highest BCUT2D eigenvalue weighted by Crippen LogP contribution is 2.20. The van der Waals surface area contributed by atoms with Gasteiger partial charge < -0.3 is 15.7 Å². The van der Waals surface area contributed by atoms with Gasteiger partial charge in [-0.3, -0.25) is 0 Å². The lowest BCUT2D eigenvalue weighted by Crippen LogP contribution is -2.43. The van der Waals surface area contributed by atoms with Gasteiger partial charge in [-0.05, 0) is 37.5 Å². The summed E-state index contributed by atoms with van der Waals surface area (Å²) in [6.07, 6.45) is 1.26. The lowest BCUT2D eigenvalue weighted by Gasteiger charge is -2.19. The number of aliphatic hydroxyl groups excluding tert-OH is 1. The van der Waals surface area contributed by atoms with Gasteiger partial charge in [-0.1, -0.05) is 24.6 Å². The molecule has 1 rings (SSSR count). The van der Waals surface area contributed by atoms with Crippen LogP contribution in [0.3, 0.4) is 0 Å². The molecule has 0 fully saturated rings. The zero-order valence-corrected chi connectivity index (χ0v) is 12.4. The van der Waals surface area contributed by atoms with E-state index in [0.29, 0.717) is 6.42 Å². The summed E-state index contributed by atoms with van der Waals surface area (Å²) < 4.78 is 13.1. The van der Waals surface area contributed by atoms with Crippen LogP contribution in [0.1, 0.15) is 38.3 Å². The van der Waals surface area contributed by atoms with Crippen LogP contribution in [0.2, 0.25) is 5.02 Å². The average Bonchev–Trinajstić information content (AvgIpc) is 2.41. The van der Waals surface area contributed by atoms with Gasteiger partial charge >= 0.3 is 6.03 Å². The number of rotatable bonds is 6. The van der Waals surface area contributed by atoms with E-state index in [0.717, 1.165) is 12.0 Å². The molecular weight excluding hydrogens is 283 g/mol. The maximum atomic E-state index is 13.1. The minimum absolute atomic E-state index is 0.0297. The Morgan fingerprint density at radius 1 is 1.45 bits per heavy atom. The molecule has 2 atom stereocenters. The lowest BCUT2D eigenvalue weighted by atomic mass is 10.1. The number of carbonyl (C=O) groups is 1. The average molecular weight is 303 g/mol. The molecule has 0 spiro atoms. The van der Waals surface area contributed by atoms with Crippen LogP contribution >= 0.6 is 11.6 Å². The Balaban J connectivity index is 2.58. The van der Waals surface area contributed by atoms with Crippen molar-refractivity contribution in [3.63, 3.8) is 0 Å². The third-order valence-electron chi connectivity index (χ3n) is 3.10. The largest absolute Gasteiger partial charge is 0.396 e. The van der Waals surface area contributed by atoms with E-state index in [-0.39, 0.29) is 29.7 Å².